The van der Waals surface area contributed by atoms with E-state index >= 15 is 0 Å². The molecule has 0 saturated carbocycles. The van der Waals surface area contributed by atoms with Crippen molar-refractivity contribution < 1.29 is 18.7 Å². The minimum absolute atomic E-state index is 0.253. The Hall–Kier alpha value is -1.82. The van der Waals surface area contributed by atoms with Crippen molar-refractivity contribution in [3.8, 4) is 0 Å². The van der Waals surface area contributed by atoms with Crippen LogP contribution in [0, 0.1) is 12.8 Å². The first-order valence-electron chi connectivity index (χ1n) is 6.79. The highest BCUT2D eigenvalue weighted by Crippen LogP contribution is 2.30. The van der Waals surface area contributed by atoms with E-state index in [1.54, 1.807) is 19.1 Å². The van der Waals surface area contributed by atoms with E-state index in [2.05, 4.69) is 5.32 Å². The molecule has 6 heteroatoms. The second-order valence-corrected chi connectivity index (χ2v) is 5.61. The van der Waals surface area contributed by atoms with Gasteiger partial charge in [-0.15, -0.1) is 0 Å². The number of nitrogens with one attached hydrogen (secondary N) is 1. The van der Waals surface area contributed by atoms with Crippen LogP contribution in [0.4, 0.5) is 4.79 Å². The van der Waals surface area contributed by atoms with Crippen LogP contribution in [0.2, 0.25) is 0 Å². The first-order chi connectivity index (χ1) is 9.50. The maximum Gasteiger partial charge on any atom is 0.325 e. The van der Waals surface area contributed by atoms with Gasteiger partial charge in [0.1, 0.15) is 11.5 Å². The normalized spacial score (nSPS) is 26.8. The number of imide groups is 1. The Bertz CT molecular complexity index is 549. The minimum Gasteiger partial charge on any atom is -0.463 e. The summed E-state index contributed by atoms with van der Waals surface area (Å²) in [6.45, 7) is 5.35. The summed E-state index contributed by atoms with van der Waals surface area (Å²) in [4.78, 5) is 25.8. The number of aryl methyl sites for hydroxylation is 1. The number of amides is 3. The van der Waals surface area contributed by atoms with Crippen LogP contribution in [-0.4, -0.2) is 36.6 Å². The summed E-state index contributed by atoms with van der Waals surface area (Å²) in [7, 11) is 0. The number of hydrogen-bond donors (Lipinski definition) is 1. The largest absolute Gasteiger partial charge is 0.463 e. The van der Waals surface area contributed by atoms with Gasteiger partial charge in [-0.05, 0) is 32.4 Å². The number of furan rings is 1. The predicted molar refractivity (Wildman–Crippen MR) is 70.0 cm³/mol. The van der Waals surface area contributed by atoms with Crippen molar-refractivity contribution in [3.05, 3.63) is 23.7 Å². The van der Waals surface area contributed by atoms with Crippen molar-refractivity contribution in [2.45, 2.75) is 25.8 Å². The average molecular weight is 278 g/mol. The van der Waals surface area contributed by atoms with E-state index in [1.807, 2.05) is 6.92 Å². The van der Waals surface area contributed by atoms with Gasteiger partial charge in [-0.25, -0.2) is 4.79 Å². The van der Waals surface area contributed by atoms with Gasteiger partial charge in [0.25, 0.3) is 5.91 Å². The second kappa shape index (κ2) is 4.63. The topological polar surface area (TPSA) is 71.8 Å². The van der Waals surface area contributed by atoms with Crippen molar-refractivity contribution >= 4 is 11.9 Å². The molecule has 1 atom stereocenters. The maximum absolute atomic E-state index is 12.5. The number of carbonyl (C=O) groups excluding carboxylic acids is 2. The van der Waals surface area contributed by atoms with Gasteiger partial charge in [0.2, 0.25) is 0 Å². The summed E-state index contributed by atoms with van der Waals surface area (Å²) in [5.74, 6) is 1.39. The molecule has 0 radical (unpaired) electrons. The van der Waals surface area contributed by atoms with Crippen LogP contribution in [0.5, 0.6) is 0 Å². The van der Waals surface area contributed by atoms with Crippen LogP contribution in [0.1, 0.15) is 24.9 Å². The molecule has 3 rings (SSSR count). The van der Waals surface area contributed by atoms with Crippen LogP contribution in [0.15, 0.2) is 16.5 Å². The first kappa shape index (κ1) is 13.2. The Kier molecular flexibility index (Phi) is 3.05. The molecule has 6 nitrogen and oxygen atoms in total. The molecule has 20 heavy (non-hydrogen) atoms. The third-order valence-corrected chi connectivity index (χ3v) is 3.98. The molecule has 108 valence electrons. The highest BCUT2D eigenvalue weighted by Gasteiger charge is 2.51. The van der Waals surface area contributed by atoms with Gasteiger partial charge in [-0.1, -0.05) is 0 Å². The quantitative estimate of drug-likeness (QED) is 0.845. The Balaban J connectivity index is 1.74. The van der Waals surface area contributed by atoms with E-state index in [4.69, 9.17) is 9.15 Å². The molecule has 1 N–H and O–H groups in total. The van der Waals surface area contributed by atoms with Gasteiger partial charge in [-0.2, -0.15) is 0 Å². The Labute approximate surface area is 117 Å². The lowest BCUT2D eigenvalue weighted by molar-refractivity contribution is -0.132. The fourth-order valence-electron chi connectivity index (χ4n) is 2.53. The van der Waals surface area contributed by atoms with Gasteiger partial charge < -0.3 is 14.5 Å². The fraction of sp³-hybridized carbons (Fsp3) is 0.571. The van der Waals surface area contributed by atoms with E-state index < -0.39 is 5.54 Å². The molecule has 0 spiro atoms. The fourth-order valence-corrected chi connectivity index (χ4v) is 2.53. The first-order valence-corrected chi connectivity index (χ1v) is 6.79. The van der Waals surface area contributed by atoms with Gasteiger partial charge in [0.05, 0.1) is 13.2 Å². The molecular weight excluding hydrogens is 260 g/mol. The summed E-state index contributed by atoms with van der Waals surface area (Å²) in [5, 5.41) is 2.73. The molecule has 1 aromatic rings. The van der Waals surface area contributed by atoms with E-state index in [-0.39, 0.29) is 11.9 Å². The summed E-state index contributed by atoms with van der Waals surface area (Å²) in [5.41, 5.74) is -1.10. The van der Waals surface area contributed by atoms with Gasteiger partial charge in [0, 0.05) is 12.5 Å². The zero-order valence-corrected chi connectivity index (χ0v) is 11.6. The summed E-state index contributed by atoms with van der Waals surface area (Å²) in [6.07, 6.45) is 0.784. The molecule has 0 aliphatic carbocycles. The van der Waals surface area contributed by atoms with Gasteiger partial charge in [-0.3, -0.25) is 9.69 Å². The van der Waals surface area contributed by atoms with Crippen LogP contribution in [0.3, 0.4) is 0 Å². The van der Waals surface area contributed by atoms with Crippen molar-refractivity contribution in [2.24, 2.45) is 5.92 Å². The Morgan fingerprint density at radius 1 is 1.40 bits per heavy atom. The summed E-state index contributed by atoms with van der Waals surface area (Å²) in [6, 6.07) is 3.16. The molecule has 1 unspecified atom stereocenters. The molecule has 0 aromatic carbocycles. The molecular formula is C14H18N2O4. The molecule has 2 fully saturated rings. The molecule has 1 aromatic heterocycles. The summed E-state index contributed by atoms with van der Waals surface area (Å²) >= 11 is 0. The molecule has 2 aliphatic heterocycles. The third kappa shape index (κ3) is 2.00. The Morgan fingerprint density at radius 2 is 2.15 bits per heavy atom. The maximum atomic E-state index is 12.5. The van der Waals surface area contributed by atoms with Crippen LogP contribution in [0.25, 0.3) is 0 Å². The predicted octanol–water partition coefficient (Wildman–Crippen LogP) is 1.39. The van der Waals surface area contributed by atoms with Gasteiger partial charge >= 0.3 is 6.03 Å². The van der Waals surface area contributed by atoms with Crippen LogP contribution >= 0.6 is 0 Å². The molecule has 3 amide bonds. The standard InChI is InChI=1S/C14H18N2O4/c1-9-3-4-11(20-9)14(2)12(17)16(13(18)15-14)6-5-10-7-19-8-10/h3-4,10H,5-8H2,1-2H3,(H,15,18). The molecule has 0 bridgehead atoms. The Morgan fingerprint density at radius 3 is 2.70 bits per heavy atom. The van der Waals surface area contributed by atoms with Crippen LogP contribution in [-0.2, 0) is 15.1 Å². The van der Waals surface area contributed by atoms with E-state index in [1.165, 1.54) is 4.90 Å². The SMILES string of the molecule is Cc1ccc(C2(C)NC(=O)N(CCC3COC3)C2=O)o1. The zero-order chi connectivity index (χ0) is 14.3. The smallest absolute Gasteiger partial charge is 0.325 e. The van der Waals surface area contributed by atoms with Crippen LogP contribution < -0.4 is 5.32 Å². The lowest BCUT2D eigenvalue weighted by atomic mass is 9.98. The highest BCUT2D eigenvalue weighted by atomic mass is 16.5. The van der Waals surface area contributed by atoms with Gasteiger partial charge in [0.15, 0.2) is 5.54 Å². The van der Waals surface area contributed by atoms with Crippen molar-refractivity contribution in [3.63, 3.8) is 0 Å². The highest BCUT2D eigenvalue weighted by molar-refractivity contribution is 6.06. The lowest BCUT2D eigenvalue weighted by Gasteiger charge is -2.27. The van der Waals surface area contributed by atoms with Crippen molar-refractivity contribution in [1.29, 1.82) is 0 Å². The minimum atomic E-state index is -1.10. The zero-order valence-electron chi connectivity index (χ0n) is 11.6. The molecule has 2 aliphatic rings. The third-order valence-electron chi connectivity index (χ3n) is 3.98. The number of hydrogen-bond acceptors (Lipinski definition) is 4. The number of urea groups is 1. The summed E-state index contributed by atoms with van der Waals surface area (Å²) < 4.78 is 10.6. The number of carbonyl (C=O) groups is 2. The second-order valence-electron chi connectivity index (χ2n) is 5.61. The monoisotopic (exact) mass is 278 g/mol. The van der Waals surface area contributed by atoms with E-state index in [9.17, 15) is 9.59 Å². The number of ether oxygens (including phenoxy) is 1. The molecule has 3 heterocycles. The molecule has 2 saturated heterocycles. The number of nitrogens with zero attached hydrogens (tertiary/aromatic N) is 1. The lowest BCUT2D eigenvalue weighted by Crippen LogP contribution is -2.41. The van der Waals surface area contributed by atoms with E-state index in [0.29, 0.717) is 24.0 Å². The number of rotatable bonds is 4. The van der Waals surface area contributed by atoms with E-state index in [0.717, 1.165) is 19.6 Å². The van der Waals surface area contributed by atoms with Crippen molar-refractivity contribution in [1.82, 2.24) is 10.2 Å². The van der Waals surface area contributed by atoms with Crippen molar-refractivity contribution in [2.75, 3.05) is 19.8 Å². The average Bonchev–Trinajstić information content (AvgIpc) is 2.85.